The van der Waals surface area contributed by atoms with Crippen LogP contribution in [0.1, 0.15) is 24.4 Å². The molecule has 0 spiro atoms. The third-order valence-electron chi connectivity index (χ3n) is 4.67. The van der Waals surface area contributed by atoms with Crippen LogP contribution in [-0.4, -0.2) is 31.0 Å². The van der Waals surface area contributed by atoms with E-state index in [2.05, 4.69) is 15.0 Å². The number of rotatable bonds is 4. The van der Waals surface area contributed by atoms with Crippen LogP contribution in [0.5, 0.6) is 0 Å². The molecule has 1 aliphatic carbocycles. The Morgan fingerprint density at radius 2 is 2.00 bits per heavy atom. The minimum Gasteiger partial charge on any atom is -0.331 e. The second-order valence-electron chi connectivity index (χ2n) is 6.41. The second kappa shape index (κ2) is 5.19. The summed E-state index contributed by atoms with van der Waals surface area (Å²) < 4.78 is 15.8. The Balaban J connectivity index is 1.70. The van der Waals surface area contributed by atoms with E-state index >= 15 is 0 Å². The van der Waals surface area contributed by atoms with Crippen molar-refractivity contribution in [2.45, 2.75) is 31.9 Å². The molecule has 0 aromatic carbocycles. The summed E-state index contributed by atoms with van der Waals surface area (Å²) >= 11 is 0. The fraction of sp³-hybridized carbons (Fsp3) is 0.333. The first-order chi connectivity index (χ1) is 11.5. The van der Waals surface area contributed by atoms with Crippen LogP contribution in [0.15, 0.2) is 30.7 Å². The van der Waals surface area contributed by atoms with Crippen LogP contribution < -0.4 is 0 Å². The van der Waals surface area contributed by atoms with Gasteiger partial charge in [0.1, 0.15) is 5.82 Å². The predicted molar refractivity (Wildman–Crippen MR) is 88.3 cm³/mol. The molecule has 6 heteroatoms. The van der Waals surface area contributed by atoms with Gasteiger partial charge in [0, 0.05) is 29.9 Å². The van der Waals surface area contributed by atoms with Gasteiger partial charge < -0.3 is 4.57 Å². The van der Waals surface area contributed by atoms with Gasteiger partial charge >= 0.3 is 0 Å². The molecule has 5 nitrogen and oxygen atoms in total. The van der Waals surface area contributed by atoms with Crippen molar-refractivity contribution in [1.82, 2.24) is 19.5 Å². The fourth-order valence-corrected chi connectivity index (χ4v) is 2.80. The number of Topliss-reactive ketones (excluding diaryl/α,β-unsaturated/α-hetero) is 1. The van der Waals surface area contributed by atoms with Crippen LogP contribution in [-0.2, 0) is 18.3 Å². The molecule has 24 heavy (non-hydrogen) atoms. The van der Waals surface area contributed by atoms with E-state index in [1.54, 1.807) is 12.4 Å². The lowest BCUT2D eigenvalue weighted by atomic mass is 10.1. The number of fused-ring (bicyclic) bond motifs is 1. The van der Waals surface area contributed by atoms with Crippen molar-refractivity contribution in [1.29, 1.82) is 0 Å². The summed E-state index contributed by atoms with van der Waals surface area (Å²) in [6.45, 7) is 1.94. The molecule has 1 aliphatic rings. The van der Waals surface area contributed by atoms with Crippen molar-refractivity contribution < 1.29 is 9.18 Å². The van der Waals surface area contributed by atoms with Crippen LogP contribution in [0.2, 0.25) is 0 Å². The average molecular weight is 324 g/mol. The Bertz CT molecular complexity index is 959. The predicted octanol–water partition coefficient (Wildman–Crippen LogP) is 2.95. The van der Waals surface area contributed by atoms with Crippen molar-refractivity contribution in [3.8, 4) is 11.3 Å². The highest BCUT2D eigenvalue weighted by Crippen LogP contribution is 2.41. The Morgan fingerprint density at radius 1 is 1.21 bits per heavy atom. The summed E-state index contributed by atoms with van der Waals surface area (Å²) in [5.74, 6) is 0.546. The van der Waals surface area contributed by atoms with Gasteiger partial charge in [-0.3, -0.25) is 14.8 Å². The van der Waals surface area contributed by atoms with Crippen LogP contribution >= 0.6 is 0 Å². The highest BCUT2D eigenvalue weighted by atomic mass is 19.1. The Morgan fingerprint density at radius 3 is 2.67 bits per heavy atom. The summed E-state index contributed by atoms with van der Waals surface area (Å²) in [7, 11) is 1.95. The first-order valence-electron chi connectivity index (χ1n) is 7.92. The summed E-state index contributed by atoms with van der Waals surface area (Å²) in [6.07, 6.45) is 5.93. The number of halogens is 1. The number of pyridine rings is 2. The summed E-state index contributed by atoms with van der Waals surface area (Å²) in [5.41, 5.74) is 1.63. The number of ketones is 1. The van der Waals surface area contributed by atoms with Crippen molar-refractivity contribution in [2.75, 3.05) is 0 Å². The summed E-state index contributed by atoms with van der Waals surface area (Å²) in [5, 5.41) is 0.882. The third kappa shape index (κ3) is 2.48. The normalized spacial score (nSPS) is 15.6. The van der Waals surface area contributed by atoms with E-state index in [1.165, 1.54) is 0 Å². The zero-order chi connectivity index (χ0) is 16.9. The summed E-state index contributed by atoms with van der Waals surface area (Å²) in [4.78, 5) is 24.9. The zero-order valence-electron chi connectivity index (χ0n) is 13.6. The fourth-order valence-electron chi connectivity index (χ4n) is 2.80. The molecule has 1 fully saturated rings. The number of carbonyl (C=O) groups is 1. The largest absolute Gasteiger partial charge is 0.331 e. The molecule has 1 saturated carbocycles. The SMILES string of the molecule is Cc1ncc(-c2cnc3cnc(CC(=O)C4(F)CC4)cc3c2)n1C. The summed E-state index contributed by atoms with van der Waals surface area (Å²) in [6, 6.07) is 3.81. The number of alkyl halides is 1. The molecule has 4 rings (SSSR count). The maximum atomic E-state index is 13.8. The van der Waals surface area contributed by atoms with E-state index in [-0.39, 0.29) is 12.2 Å². The Labute approximate surface area is 138 Å². The van der Waals surface area contributed by atoms with Gasteiger partial charge in [-0.15, -0.1) is 0 Å². The van der Waals surface area contributed by atoms with Crippen molar-refractivity contribution in [3.63, 3.8) is 0 Å². The topological polar surface area (TPSA) is 60.7 Å². The highest BCUT2D eigenvalue weighted by Gasteiger charge is 2.50. The lowest BCUT2D eigenvalue weighted by molar-refractivity contribution is -0.124. The molecule has 0 amide bonds. The molecule has 3 heterocycles. The maximum absolute atomic E-state index is 13.8. The molecule has 0 unspecified atom stereocenters. The molecule has 0 bridgehead atoms. The minimum atomic E-state index is -1.61. The number of aryl methyl sites for hydroxylation is 1. The third-order valence-corrected chi connectivity index (χ3v) is 4.67. The van der Waals surface area contributed by atoms with Crippen LogP contribution in [0.3, 0.4) is 0 Å². The number of aromatic nitrogens is 4. The van der Waals surface area contributed by atoms with E-state index in [4.69, 9.17) is 0 Å². The molecule has 3 aromatic rings. The monoisotopic (exact) mass is 324 g/mol. The number of hydrogen-bond donors (Lipinski definition) is 0. The first-order valence-corrected chi connectivity index (χ1v) is 7.92. The standard InChI is InChI=1S/C18H17FN4O/c1-11-20-10-16(23(11)2)13-5-12-6-14(21-9-15(12)22-8-13)7-17(24)18(19)3-4-18/h5-6,8-10H,3-4,7H2,1-2H3. The highest BCUT2D eigenvalue weighted by molar-refractivity contribution is 5.92. The Hall–Kier alpha value is -2.63. The molecule has 0 saturated heterocycles. The lowest BCUT2D eigenvalue weighted by Gasteiger charge is -2.07. The van der Waals surface area contributed by atoms with E-state index < -0.39 is 5.67 Å². The van der Waals surface area contributed by atoms with E-state index in [0.717, 1.165) is 28.0 Å². The first kappa shape index (κ1) is 14.9. The minimum absolute atomic E-state index is 0.0293. The molecule has 0 atom stereocenters. The van der Waals surface area contributed by atoms with Gasteiger partial charge in [-0.2, -0.15) is 0 Å². The average Bonchev–Trinajstić information content (AvgIpc) is 3.24. The molecule has 0 N–H and O–H groups in total. The number of nitrogens with zero attached hydrogens (tertiary/aromatic N) is 4. The molecule has 0 aliphatic heterocycles. The lowest BCUT2D eigenvalue weighted by Crippen LogP contribution is -2.19. The van der Waals surface area contributed by atoms with E-state index in [0.29, 0.717) is 18.5 Å². The van der Waals surface area contributed by atoms with Crippen LogP contribution in [0, 0.1) is 6.92 Å². The number of imidazole rings is 1. The van der Waals surface area contributed by atoms with Crippen LogP contribution in [0.25, 0.3) is 22.2 Å². The number of carbonyl (C=O) groups excluding carboxylic acids is 1. The van der Waals surface area contributed by atoms with Gasteiger partial charge in [0.25, 0.3) is 0 Å². The quantitative estimate of drug-likeness (QED) is 0.740. The molecular weight excluding hydrogens is 307 g/mol. The smallest absolute Gasteiger partial charge is 0.175 e. The molecule has 3 aromatic heterocycles. The van der Waals surface area contributed by atoms with Gasteiger partial charge in [0.15, 0.2) is 11.5 Å². The van der Waals surface area contributed by atoms with Crippen molar-refractivity contribution in [2.24, 2.45) is 7.05 Å². The van der Waals surface area contributed by atoms with E-state index in [9.17, 15) is 9.18 Å². The maximum Gasteiger partial charge on any atom is 0.175 e. The van der Waals surface area contributed by atoms with Crippen molar-refractivity contribution >= 4 is 16.7 Å². The van der Waals surface area contributed by atoms with E-state index in [1.807, 2.05) is 36.9 Å². The van der Waals surface area contributed by atoms with Crippen LogP contribution in [0.4, 0.5) is 4.39 Å². The van der Waals surface area contributed by atoms with Gasteiger partial charge in [-0.05, 0) is 31.9 Å². The second-order valence-corrected chi connectivity index (χ2v) is 6.41. The Kier molecular flexibility index (Phi) is 3.23. The van der Waals surface area contributed by atoms with Gasteiger partial charge in [-0.1, -0.05) is 0 Å². The van der Waals surface area contributed by atoms with Crippen molar-refractivity contribution in [3.05, 3.63) is 42.2 Å². The van der Waals surface area contributed by atoms with Gasteiger partial charge in [0.05, 0.1) is 30.0 Å². The van der Waals surface area contributed by atoms with Gasteiger partial charge in [0.2, 0.25) is 0 Å². The number of hydrogen-bond acceptors (Lipinski definition) is 4. The van der Waals surface area contributed by atoms with Gasteiger partial charge in [-0.25, -0.2) is 9.37 Å². The molecular formula is C18H17FN4O. The molecule has 122 valence electrons. The molecule has 0 radical (unpaired) electrons. The zero-order valence-corrected chi connectivity index (χ0v) is 13.6.